The van der Waals surface area contributed by atoms with Gasteiger partial charge in [-0.3, -0.25) is 0 Å². The lowest BCUT2D eigenvalue weighted by Crippen LogP contribution is -2.33. The molecule has 14 heavy (non-hydrogen) atoms. The van der Waals surface area contributed by atoms with Gasteiger partial charge in [0.25, 0.3) is 0 Å². The van der Waals surface area contributed by atoms with Crippen LogP contribution in [0, 0.1) is 0 Å². The first kappa shape index (κ1) is 10.6. The largest absolute Gasteiger partial charge is 0.388 e. The van der Waals surface area contributed by atoms with Gasteiger partial charge in [0.15, 0.2) is 0 Å². The van der Waals surface area contributed by atoms with Gasteiger partial charge in [-0.05, 0) is 13.3 Å². The molecular weight excluding hydrogens is 182 g/mol. The summed E-state index contributed by atoms with van der Waals surface area (Å²) in [6.07, 6.45) is 1.98. The molecule has 0 saturated carbocycles. The van der Waals surface area contributed by atoms with Crippen molar-refractivity contribution >= 4 is 11.9 Å². The summed E-state index contributed by atoms with van der Waals surface area (Å²) in [5.41, 5.74) is 4.60. The fourth-order valence-corrected chi connectivity index (χ4v) is 0.789. The van der Waals surface area contributed by atoms with E-state index in [4.69, 9.17) is 5.73 Å². The van der Waals surface area contributed by atoms with Crippen molar-refractivity contribution in [3.8, 4) is 0 Å². The minimum Gasteiger partial charge on any atom is -0.388 e. The Kier molecular flexibility index (Phi) is 3.19. The van der Waals surface area contributed by atoms with E-state index < -0.39 is 5.60 Å². The number of hydrogen-bond donors (Lipinski definition) is 3. The molecule has 0 radical (unpaired) electrons. The van der Waals surface area contributed by atoms with Crippen molar-refractivity contribution in [2.24, 2.45) is 0 Å². The second kappa shape index (κ2) is 4.19. The minimum absolute atomic E-state index is 0.165. The molecule has 1 unspecified atom stereocenters. The smallest absolute Gasteiger partial charge is 0.227 e. The van der Waals surface area contributed by atoms with Gasteiger partial charge in [0, 0.05) is 6.54 Å². The second-order valence-electron chi connectivity index (χ2n) is 3.37. The Morgan fingerprint density at radius 1 is 1.57 bits per heavy atom. The summed E-state index contributed by atoms with van der Waals surface area (Å²) in [6, 6.07) is 0. The van der Waals surface area contributed by atoms with E-state index in [1.165, 1.54) is 6.33 Å². The number of hydrogen-bond acceptors (Lipinski definition) is 6. The van der Waals surface area contributed by atoms with Gasteiger partial charge in [0.05, 0.1) is 5.60 Å². The Bertz CT molecular complexity index is 302. The molecule has 6 heteroatoms. The maximum Gasteiger partial charge on any atom is 0.227 e. The zero-order valence-corrected chi connectivity index (χ0v) is 8.36. The Labute approximate surface area is 82.6 Å². The zero-order valence-electron chi connectivity index (χ0n) is 8.36. The van der Waals surface area contributed by atoms with Crippen LogP contribution in [0.5, 0.6) is 0 Å². The van der Waals surface area contributed by atoms with E-state index in [1.807, 2.05) is 6.92 Å². The van der Waals surface area contributed by atoms with Crippen molar-refractivity contribution in [3.05, 3.63) is 6.33 Å². The summed E-state index contributed by atoms with van der Waals surface area (Å²) in [6.45, 7) is 4.03. The number of aromatic nitrogens is 3. The molecule has 0 amide bonds. The third-order valence-electron chi connectivity index (χ3n) is 1.98. The van der Waals surface area contributed by atoms with E-state index >= 15 is 0 Å². The molecule has 1 aromatic rings. The van der Waals surface area contributed by atoms with Crippen LogP contribution in [0.25, 0.3) is 0 Å². The van der Waals surface area contributed by atoms with Crippen molar-refractivity contribution < 1.29 is 5.11 Å². The molecule has 0 aliphatic heterocycles. The van der Waals surface area contributed by atoms with Crippen LogP contribution in [-0.2, 0) is 0 Å². The van der Waals surface area contributed by atoms with Crippen molar-refractivity contribution in [2.75, 3.05) is 17.6 Å². The third kappa shape index (κ3) is 3.14. The lowest BCUT2D eigenvalue weighted by atomic mass is 10.0. The maximum atomic E-state index is 9.69. The molecule has 1 atom stereocenters. The van der Waals surface area contributed by atoms with E-state index in [-0.39, 0.29) is 5.95 Å². The summed E-state index contributed by atoms with van der Waals surface area (Å²) in [4.78, 5) is 11.4. The van der Waals surface area contributed by atoms with Gasteiger partial charge in [0.1, 0.15) is 6.33 Å². The standard InChI is InChI=1S/C8H15N5O/c1-3-8(2,14)4-10-7-12-5-11-6(9)13-7/h5,14H,3-4H2,1-2H3,(H3,9,10,11,12,13). The van der Waals surface area contributed by atoms with Crippen LogP contribution < -0.4 is 11.1 Å². The molecule has 0 bridgehead atoms. The van der Waals surface area contributed by atoms with Crippen LogP contribution in [0.2, 0.25) is 0 Å². The van der Waals surface area contributed by atoms with Gasteiger partial charge < -0.3 is 16.2 Å². The molecule has 0 aliphatic rings. The third-order valence-corrected chi connectivity index (χ3v) is 1.98. The van der Waals surface area contributed by atoms with Crippen molar-refractivity contribution in [2.45, 2.75) is 25.9 Å². The van der Waals surface area contributed by atoms with Crippen LogP contribution in [0.3, 0.4) is 0 Å². The average molecular weight is 197 g/mol. The summed E-state index contributed by atoms with van der Waals surface area (Å²) in [5.74, 6) is 0.546. The number of nitrogen functional groups attached to an aromatic ring is 1. The highest BCUT2D eigenvalue weighted by Crippen LogP contribution is 2.08. The second-order valence-corrected chi connectivity index (χ2v) is 3.37. The Morgan fingerprint density at radius 2 is 2.29 bits per heavy atom. The zero-order chi connectivity index (χ0) is 10.6. The first-order valence-corrected chi connectivity index (χ1v) is 4.44. The SMILES string of the molecule is CCC(C)(O)CNc1ncnc(N)n1. The molecule has 78 valence electrons. The van der Waals surface area contributed by atoms with Crippen LogP contribution >= 0.6 is 0 Å². The number of nitrogens with two attached hydrogens (primary N) is 1. The fraction of sp³-hybridized carbons (Fsp3) is 0.625. The highest BCUT2D eigenvalue weighted by Gasteiger charge is 2.17. The molecule has 0 fully saturated rings. The molecule has 0 aromatic carbocycles. The van der Waals surface area contributed by atoms with Crippen molar-refractivity contribution in [3.63, 3.8) is 0 Å². The summed E-state index contributed by atoms with van der Waals surface area (Å²) >= 11 is 0. The number of nitrogens with one attached hydrogen (secondary N) is 1. The van der Waals surface area contributed by atoms with E-state index in [1.54, 1.807) is 6.92 Å². The maximum absolute atomic E-state index is 9.69. The van der Waals surface area contributed by atoms with Crippen LogP contribution in [-0.4, -0.2) is 32.2 Å². The Morgan fingerprint density at radius 3 is 2.86 bits per heavy atom. The fourth-order valence-electron chi connectivity index (χ4n) is 0.789. The molecule has 4 N–H and O–H groups in total. The molecule has 1 heterocycles. The average Bonchev–Trinajstić information content (AvgIpc) is 2.15. The molecular formula is C8H15N5O. The molecule has 1 rings (SSSR count). The monoisotopic (exact) mass is 197 g/mol. The lowest BCUT2D eigenvalue weighted by Gasteiger charge is -2.21. The Balaban J connectivity index is 2.54. The Hall–Kier alpha value is -1.43. The number of rotatable bonds is 4. The van der Waals surface area contributed by atoms with E-state index in [0.29, 0.717) is 18.9 Å². The van der Waals surface area contributed by atoms with Gasteiger partial charge in [0.2, 0.25) is 11.9 Å². The van der Waals surface area contributed by atoms with Crippen molar-refractivity contribution in [1.82, 2.24) is 15.0 Å². The first-order chi connectivity index (χ1) is 6.53. The highest BCUT2D eigenvalue weighted by atomic mass is 16.3. The first-order valence-electron chi connectivity index (χ1n) is 4.44. The number of aliphatic hydroxyl groups is 1. The molecule has 0 aliphatic carbocycles. The molecule has 0 spiro atoms. The van der Waals surface area contributed by atoms with E-state index in [2.05, 4.69) is 20.3 Å². The molecule has 6 nitrogen and oxygen atoms in total. The van der Waals surface area contributed by atoms with Gasteiger partial charge in [-0.1, -0.05) is 6.92 Å². The highest BCUT2D eigenvalue weighted by molar-refractivity contribution is 5.29. The number of anilines is 2. The quantitative estimate of drug-likeness (QED) is 0.630. The van der Waals surface area contributed by atoms with Gasteiger partial charge in [-0.25, -0.2) is 9.97 Å². The molecule has 0 saturated heterocycles. The predicted octanol–water partition coefficient (Wildman–Crippen LogP) is 0.0267. The molecule has 1 aromatic heterocycles. The van der Waals surface area contributed by atoms with Gasteiger partial charge in [-0.15, -0.1) is 0 Å². The minimum atomic E-state index is -0.763. The van der Waals surface area contributed by atoms with E-state index in [0.717, 1.165) is 0 Å². The summed E-state index contributed by atoms with van der Waals surface area (Å²) < 4.78 is 0. The van der Waals surface area contributed by atoms with Gasteiger partial charge in [-0.2, -0.15) is 4.98 Å². The summed E-state index contributed by atoms with van der Waals surface area (Å²) in [7, 11) is 0. The van der Waals surface area contributed by atoms with Crippen molar-refractivity contribution in [1.29, 1.82) is 0 Å². The lowest BCUT2D eigenvalue weighted by molar-refractivity contribution is 0.0695. The van der Waals surface area contributed by atoms with Crippen LogP contribution in [0.15, 0.2) is 6.33 Å². The predicted molar refractivity (Wildman–Crippen MR) is 53.6 cm³/mol. The van der Waals surface area contributed by atoms with Crippen LogP contribution in [0.1, 0.15) is 20.3 Å². The van der Waals surface area contributed by atoms with Gasteiger partial charge >= 0.3 is 0 Å². The van der Waals surface area contributed by atoms with Crippen LogP contribution in [0.4, 0.5) is 11.9 Å². The topological polar surface area (TPSA) is 97.0 Å². The normalized spacial score (nSPS) is 14.8. The summed E-state index contributed by atoms with van der Waals surface area (Å²) in [5, 5.41) is 12.6. The number of nitrogens with zero attached hydrogens (tertiary/aromatic N) is 3. The van der Waals surface area contributed by atoms with E-state index in [9.17, 15) is 5.11 Å².